The average molecular weight is 394 g/mol. The van der Waals surface area contributed by atoms with Crippen molar-refractivity contribution < 1.29 is 18.7 Å². The van der Waals surface area contributed by atoms with Crippen LogP contribution in [0.15, 0.2) is 24.3 Å². The largest absolute Gasteiger partial charge is 0.481 e. The Labute approximate surface area is 130 Å². The second-order valence-corrected chi connectivity index (χ2v) is 6.91. The van der Waals surface area contributed by atoms with Gasteiger partial charge < -0.3 is 5.11 Å². The molecule has 1 N–H and O–H groups in total. The number of carbonyl (C=O) groups is 1. The molecule has 5 heteroatoms. The molecule has 1 aliphatic rings. The first-order valence-electron chi connectivity index (χ1n) is 6.69. The van der Waals surface area contributed by atoms with E-state index in [1.165, 1.54) is 12.1 Å². The molecule has 0 radical (unpaired) electrons. The van der Waals surface area contributed by atoms with Crippen molar-refractivity contribution in [3.8, 4) is 0 Å². The fourth-order valence-electron chi connectivity index (χ4n) is 3.13. The van der Waals surface area contributed by atoms with E-state index in [2.05, 4.69) is 22.6 Å². The van der Waals surface area contributed by atoms with Crippen molar-refractivity contribution in [3.63, 3.8) is 0 Å². The molecule has 2 nitrogen and oxygen atoms in total. The first-order chi connectivity index (χ1) is 9.33. The molecule has 0 bridgehead atoms. The number of carboxylic acids is 1. The van der Waals surface area contributed by atoms with Gasteiger partial charge in [-0.25, -0.2) is 8.78 Å². The fourth-order valence-corrected chi connectivity index (χ4v) is 3.49. The van der Waals surface area contributed by atoms with E-state index in [1.54, 1.807) is 12.1 Å². The van der Waals surface area contributed by atoms with Crippen LogP contribution in [0.3, 0.4) is 0 Å². The van der Waals surface area contributed by atoms with Crippen molar-refractivity contribution in [2.75, 3.05) is 0 Å². The summed E-state index contributed by atoms with van der Waals surface area (Å²) in [6.07, 6.45) is 2.32. The summed E-state index contributed by atoms with van der Waals surface area (Å²) in [6, 6.07) is 6.18. The maximum Gasteiger partial charge on any atom is 0.303 e. The molecule has 0 unspecified atom stereocenters. The van der Waals surface area contributed by atoms with E-state index >= 15 is 0 Å². The highest BCUT2D eigenvalue weighted by molar-refractivity contribution is 14.1. The Morgan fingerprint density at radius 2 is 1.80 bits per heavy atom. The number of benzene rings is 1. The predicted octanol–water partition coefficient (Wildman–Crippen LogP) is 4.81. The molecular weight excluding hydrogens is 377 g/mol. The van der Waals surface area contributed by atoms with E-state index in [9.17, 15) is 13.6 Å². The van der Waals surface area contributed by atoms with E-state index in [0.717, 1.165) is 16.4 Å². The summed E-state index contributed by atoms with van der Waals surface area (Å²) in [5, 5.41) is 9.00. The van der Waals surface area contributed by atoms with E-state index in [1.807, 2.05) is 0 Å². The molecule has 0 amide bonds. The zero-order chi connectivity index (χ0) is 14.8. The first-order valence-corrected chi connectivity index (χ1v) is 7.77. The molecule has 0 heterocycles. The summed E-state index contributed by atoms with van der Waals surface area (Å²) in [7, 11) is 0. The van der Waals surface area contributed by atoms with E-state index in [0.29, 0.717) is 12.8 Å². The van der Waals surface area contributed by atoms with Crippen molar-refractivity contribution in [2.24, 2.45) is 5.41 Å². The molecule has 0 aromatic heterocycles. The van der Waals surface area contributed by atoms with Gasteiger partial charge in [-0.3, -0.25) is 4.79 Å². The van der Waals surface area contributed by atoms with Gasteiger partial charge in [0.2, 0.25) is 0 Å². The molecule has 0 atom stereocenters. The minimum atomic E-state index is -2.97. The Morgan fingerprint density at radius 1 is 1.25 bits per heavy atom. The third-order valence-electron chi connectivity index (χ3n) is 4.05. The molecule has 2 rings (SSSR count). The normalized spacial score (nSPS) is 18.1. The van der Waals surface area contributed by atoms with Gasteiger partial charge in [0.1, 0.15) is 0 Å². The lowest BCUT2D eigenvalue weighted by Crippen LogP contribution is -2.29. The third-order valence-corrected chi connectivity index (χ3v) is 4.77. The fraction of sp³-hybridized carbons (Fsp3) is 0.533. The summed E-state index contributed by atoms with van der Waals surface area (Å²) >= 11 is 2.07. The van der Waals surface area contributed by atoms with Crippen LogP contribution in [0.2, 0.25) is 0 Å². The van der Waals surface area contributed by atoms with Gasteiger partial charge in [0.15, 0.2) is 0 Å². The van der Waals surface area contributed by atoms with E-state index < -0.39 is 17.3 Å². The van der Waals surface area contributed by atoms with E-state index in [4.69, 9.17) is 5.11 Å². The van der Waals surface area contributed by atoms with Gasteiger partial charge >= 0.3 is 5.97 Å². The van der Waals surface area contributed by atoms with Crippen molar-refractivity contribution in [3.05, 3.63) is 33.4 Å². The zero-order valence-electron chi connectivity index (χ0n) is 11.0. The van der Waals surface area contributed by atoms with Crippen LogP contribution in [-0.2, 0) is 10.7 Å². The molecule has 1 saturated carbocycles. The number of rotatable bonds is 5. The van der Waals surface area contributed by atoms with Gasteiger partial charge in [-0.15, -0.1) is 0 Å². The van der Waals surface area contributed by atoms with Crippen LogP contribution >= 0.6 is 22.6 Å². The highest BCUT2D eigenvalue weighted by atomic mass is 127. The lowest BCUT2D eigenvalue weighted by Gasteiger charge is -2.31. The maximum atomic E-state index is 14.4. The third kappa shape index (κ3) is 3.68. The Morgan fingerprint density at radius 3 is 2.30 bits per heavy atom. The minimum absolute atomic E-state index is 0.0189. The van der Waals surface area contributed by atoms with E-state index in [-0.39, 0.29) is 18.4 Å². The van der Waals surface area contributed by atoms with Crippen LogP contribution in [0.4, 0.5) is 8.78 Å². The van der Waals surface area contributed by atoms with Gasteiger partial charge in [-0.05, 0) is 53.0 Å². The monoisotopic (exact) mass is 394 g/mol. The highest BCUT2D eigenvalue weighted by Gasteiger charge is 2.45. The maximum absolute atomic E-state index is 14.4. The van der Waals surface area contributed by atoms with Crippen LogP contribution in [-0.4, -0.2) is 11.1 Å². The number of halogens is 3. The second kappa shape index (κ2) is 5.95. The molecule has 110 valence electrons. The van der Waals surface area contributed by atoms with Gasteiger partial charge in [0.25, 0.3) is 5.92 Å². The molecular formula is C15H17F2IO2. The molecule has 0 aliphatic heterocycles. The number of hydrogen-bond donors (Lipinski definition) is 1. The Hall–Kier alpha value is -0.720. The quantitative estimate of drug-likeness (QED) is 0.728. The van der Waals surface area contributed by atoms with Crippen LogP contribution < -0.4 is 0 Å². The smallest absolute Gasteiger partial charge is 0.303 e. The lowest BCUT2D eigenvalue weighted by atomic mass is 9.76. The van der Waals surface area contributed by atoms with Crippen LogP contribution in [0.5, 0.6) is 0 Å². The summed E-state index contributed by atoms with van der Waals surface area (Å²) in [6.45, 7) is 0. The van der Waals surface area contributed by atoms with Crippen molar-refractivity contribution in [1.29, 1.82) is 0 Å². The molecule has 1 aliphatic carbocycles. The predicted molar refractivity (Wildman–Crippen MR) is 80.8 cm³/mol. The number of alkyl halides is 2. The van der Waals surface area contributed by atoms with Crippen molar-refractivity contribution in [2.45, 2.75) is 44.4 Å². The lowest BCUT2D eigenvalue weighted by molar-refractivity contribution is -0.141. The topological polar surface area (TPSA) is 37.3 Å². The Bertz CT molecular complexity index is 479. The zero-order valence-corrected chi connectivity index (χ0v) is 13.2. The average Bonchev–Trinajstić information content (AvgIpc) is 2.75. The van der Waals surface area contributed by atoms with Crippen molar-refractivity contribution >= 4 is 28.6 Å². The summed E-state index contributed by atoms with van der Waals surface area (Å²) in [5.41, 5.74) is -0.771. The summed E-state index contributed by atoms with van der Waals surface area (Å²) in [4.78, 5) is 11.0. The van der Waals surface area contributed by atoms with Crippen LogP contribution in [0, 0.1) is 8.99 Å². The van der Waals surface area contributed by atoms with Gasteiger partial charge in [-0.2, -0.15) is 0 Å². The molecule has 1 fully saturated rings. The Balaban J connectivity index is 2.20. The van der Waals surface area contributed by atoms with Crippen LogP contribution in [0.25, 0.3) is 0 Å². The van der Waals surface area contributed by atoms with Gasteiger partial charge in [0, 0.05) is 15.6 Å². The summed E-state index contributed by atoms with van der Waals surface area (Å²) < 4.78 is 29.8. The standard InChI is InChI=1S/C15H17F2IO2/c16-15(17,11-3-5-12(18)6-4-11)10-14(9-13(19)20)7-1-2-8-14/h3-6H,1-2,7-10H2,(H,19,20). The first kappa shape index (κ1) is 15.7. The van der Waals surface area contributed by atoms with Gasteiger partial charge in [0.05, 0.1) is 6.42 Å². The molecule has 1 aromatic rings. The summed E-state index contributed by atoms with van der Waals surface area (Å²) in [5.74, 6) is -3.95. The SMILES string of the molecule is O=C(O)CC1(CC(F)(F)c2ccc(I)cc2)CCCC1. The van der Waals surface area contributed by atoms with Gasteiger partial charge in [-0.1, -0.05) is 25.0 Å². The van der Waals surface area contributed by atoms with Crippen LogP contribution in [0.1, 0.15) is 44.1 Å². The highest BCUT2D eigenvalue weighted by Crippen LogP contribution is 2.50. The number of carboxylic acid groups (broad SMARTS) is 1. The number of aliphatic carboxylic acids is 1. The van der Waals surface area contributed by atoms with Crippen molar-refractivity contribution in [1.82, 2.24) is 0 Å². The molecule has 0 saturated heterocycles. The molecule has 1 aromatic carbocycles. The number of hydrogen-bond acceptors (Lipinski definition) is 1. The Kier molecular flexibility index (Phi) is 4.66. The molecule has 20 heavy (non-hydrogen) atoms. The molecule has 0 spiro atoms. The minimum Gasteiger partial charge on any atom is -0.481 e. The second-order valence-electron chi connectivity index (χ2n) is 5.67.